The van der Waals surface area contributed by atoms with E-state index < -0.39 is 23.4 Å². The maximum Gasteiger partial charge on any atom is 0.219 e. The third-order valence-corrected chi connectivity index (χ3v) is 6.67. The summed E-state index contributed by atoms with van der Waals surface area (Å²) >= 11 is 6.32. The van der Waals surface area contributed by atoms with E-state index in [-0.39, 0.29) is 34.3 Å². The van der Waals surface area contributed by atoms with Crippen LogP contribution >= 0.6 is 11.6 Å². The lowest BCUT2D eigenvalue weighted by molar-refractivity contribution is -0.106. The highest BCUT2D eigenvalue weighted by molar-refractivity contribution is 6.31. The van der Waals surface area contributed by atoms with E-state index in [2.05, 4.69) is 15.3 Å². The molecule has 1 atom stereocenters. The lowest BCUT2D eigenvalue weighted by Gasteiger charge is -2.26. The SMILES string of the molecule is COc1ccc(C(=N)c2c(N)ncnc2NC(C)C(=Nc2cccc(Cl)c2C)N(C=O)c2ccccc2)c(F)c1F. The number of nitrogen functional groups attached to an aromatic ring is 1. The summed E-state index contributed by atoms with van der Waals surface area (Å²) in [4.78, 5) is 26.7. The van der Waals surface area contributed by atoms with Gasteiger partial charge in [-0.25, -0.2) is 19.4 Å². The molecular formula is C29H26ClF2N7O2. The molecular weight excluding hydrogens is 552 g/mol. The largest absolute Gasteiger partial charge is 0.494 e. The molecule has 0 aliphatic heterocycles. The van der Waals surface area contributed by atoms with Gasteiger partial charge >= 0.3 is 0 Å². The number of amides is 1. The van der Waals surface area contributed by atoms with Gasteiger partial charge in [0.15, 0.2) is 11.6 Å². The zero-order valence-corrected chi connectivity index (χ0v) is 23.1. The lowest BCUT2D eigenvalue weighted by Crippen LogP contribution is -2.41. The van der Waals surface area contributed by atoms with Gasteiger partial charge in [-0.15, -0.1) is 0 Å². The molecule has 4 N–H and O–H groups in total. The average Bonchev–Trinajstić information content (AvgIpc) is 2.97. The number of carbonyl (C=O) groups is 1. The van der Waals surface area contributed by atoms with Crippen LogP contribution in [0.5, 0.6) is 5.75 Å². The molecule has 0 bridgehead atoms. The van der Waals surface area contributed by atoms with E-state index in [0.717, 1.165) is 0 Å². The van der Waals surface area contributed by atoms with Crippen LogP contribution in [-0.4, -0.2) is 41.1 Å². The molecule has 1 heterocycles. The number of nitrogens with one attached hydrogen (secondary N) is 2. The minimum atomic E-state index is -1.29. The van der Waals surface area contributed by atoms with Crippen molar-refractivity contribution in [2.45, 2.75) is 19.9 Å². The topological polar surface area (TPSA) is 130 Å². The Morgan fingerprint density at radius 2 is 1.85 bits per heavy atom. The first-order chi connectivity index (χ1) is 19.7. The van der Waals surface area contributed by atoms with Crippen LogP contribution in [0.25, 0.3) is 0 Å². The zero-order chi connectivity index (χ0) is 29.7. The van der Waals surface area contributed by atoms with E-state index in [0.29, 0.717) is 28.4 Å². The van der Waals surface area contributed by atoms with Crippen LogP contribution in [0, 0.1) is 24.0 Å². The van der Waals surface area contributed by atoms with Crippen LogP contribution in [-0.2, 0) is 4.79 Å². The molecule has 41 heavy (non-hydrogen) atoms. The van der Waals surface area contributed by atoms with Gasteiger partial charge in [-0.2, -0.15) is 4.39 Å². The van der Waals surface area contributed by atoms with Crippen molar-refractivity contribution in [1.82, 2.24) is 9.97 Å². The summed E-state index contributed by atoms with van der Waals surface area (Å²) < 4.78 is 34.2. The van der Waals surface area contributed by atoms with Crippen molar-refractivity contribution in [2.24, 2.45) is 4.99 Å². The van der Waals surface area contributed by atoms with E-state index in [1.807, 2.05) is 6.07 Å². The number of amidine groups is 1. The molecule has 4 aromatic rings. The summed E-state index contributed by atoms with van der Waals surface area (Å²) in [6.07, 6.45) is 1.79. The third kappa shape index (κ3) is 5.99. The van der Waals surface area contributed by atoms with E-state index in [4.69, 9.17) is 32.5 Å². The number of carbonyl (C=O) groups excluding carboxylic acids is 1. The van der Waals surface area contributed by atoms with Crippen LogP contribution in [0.4, 0.5) is 31.8 Å². The van der Waals surface area contributed by atoms with E-state index >= 15 is 0 Å². The summed E-state index contributed by atoms with van der Waals surface area (Å²) in [6, 6.07) is 15.8. The number of nitrogens with zero attached hydrogens (tertiary/aromatic N) is 4. The molecule has 3 aromatic carbocycles. The fourth-order valence-electron chi connectivity index (χ4n) is 4.08. The molecule has 0 saturated carbocycles. The Morgan fingerprint density at radius 3 is 2.54 bits per heavy atom. The van der Waals surface area contributed by atoms with Gasteiger partial charge in [-0.05, 0) is 55.8 Å². The molecule has 0 fully saturated rings. The van der Waals surface area contributed by atoms with Crippen LogP contribution in [0.3, 0.4) is 0 Å². The Hall–Kier alpha value is -4.90. The first-order valence-electron chi connectivity index (χ1n) is 12.3. The molecule has 0 spiro atoms. The molecule has 210 valence electrons. The minimum absolute atomic E-state index is 0.0417. The lowest BCUT2D eigenvalue weighted by atomic mass is 10.0. The third-order valence-electron chi connectivity index (χ3n) is 6.26. The second kappa shape index (κ2) is 12.5. The Bertz CT molecular complexity index is 1630. The summed E-state index contributed by atoms with van der Waals surface area (Å²) in [5.74, 6) is -2.69. The van der Waals surface area contributed by atoms with Gasteiger partial charge in [-0.1, -0.05) is 35.9 Å². The number of nitrogens with two attached hydrogens (primary N) is 1. The molecule has 12 heteroatoms. The summed E-state index contributed by atoms with van der Waals surface area (Å²) in [5.41, 5.74) is 6.97. The standard InChI is InChI=1S/C29H26ClF2N7O2/c1-16-20(30)10-7-11-21(16)38-29(39(15-40)18-8-5-4-6-9-18)17(2)37-28-23(27(34)35-14-36-28)26(33)19-12-13-22(41-3)25(32)24(19)31/h4-15,17,33H,1-3H3,(H3,34,35,36,37). The van der Waals surface area contributed by atoms with Crippen molar-refractivity contribution in [3.8, 4) is 5.75 Å². The number of halogens is 3. The first-order valence-corrected chi connectivity index (χ1v) is 12.7. The van der Waals surface area contributed by atoms with Crippen molar-refractivity contribution in [1.29, 1.82) is 5.41 Å². The van der Waals surface area contributed by atoms with Gasteiger partial charge in [-0.3, -0.25) is 15.1 Å². The zero-order valence-electron chi connectivity index (χ0n) is 22.3. The van der Waals surface area contributed by atoms with E-state index in [9.17, 15) is 13.6 Å². The number of benzene rings is 3. The van der Waals surface area contributed by atoms with Crippen LogP contribution < -0.4 is 20.7 Å². The summed E-state index contributed by atoms with van der Waals surface area (Å²) in [5, 5.41) is 12.3. The summed E-state index contributed by atoms with van der Waals surface area (Å²) in [6.45, 7) is 3.52. The van der Waals surface area contributed by atoms with E-state index in [1.54, 1.807) is 56.3 Å². The van der Waals surface area contributed by atoms with Gasteiger partial charge < -0.3 is 15.8 Å². The van der Waals surface area contributed by atoms with Crippen molar-refractivity contribution in [3.05, 3.63) is 100 Å². The van der Waals surface area contributed by atoms with Crippen molar-refractivity contribution < 1.29 is 18.3 Å². The number of para-hydroxylation sites is 1. The van der Waals surface area contributed by atoms with Gasteiger partial charge in [0.25, 0.3) is 0 Å². The Balaban J connectivity index is 1.81. The molecule has 1 aromatic heterocycles. The average molecular weight is 578 g/mol. The Morgan fingerprint density at radius 1 is 1.12 bits per heavy atom. The number of methoxy groups -OCH3 is 1. The number of aromatic nitrogens is 2. The predicted octanol–water partition coefficient (Wildman–Crippen LogP) is 5.92. The molecule has 0 saturated heterocycles. The number of hydrogen-bond donors (Lipinski definition) is 3. The van der Waals surface area contributed by atoms with Crippen molar-refractivity contribution in [2.75, 3.05) is 23.1 Å². The van der Waals surface area contributed by atoms with Crippen LogP contribution in [0.15, 0.2) is 72.0 Å². The second-order valence-corrected chi connectivity index (χ2v) is 9.24. The fourth-order valence-corrected chi connectivity index (χ4v) is 4.25. The second-order valence-electron chi connectivity index (χ2n) is 8.83. The molecule has 1 amide bonds. The fraction of sp³-hybridized carbons (Fsp3) is 0.138. The number of ether oxygens (including phenoxy) is 1. The monoisotopic (exact) mass is 577 g/mol. The maximum absolute atomic E-state index is 14.9. The molecule has 0 aliphatic rings. The van der Waals surface area contributed by atoms with Gasteiger partial charge in [0.05, 0.1) is 30.1 Å². The number of rotatable bonds is 9. The predicted molar refractivity (Wildman–Crippen MR) is 157 cm³/mol. The molecule has 0 radical (unpaired) electrons. The number of hydrogen-bond acceptors (Lipinski definition) is 8. The van der Waals surface area contributed by atoms with E-state index in [1.165, 1.54) is 30.5 Å². The minimum Gasteiger partial charge on any atom is -0.494 e. The Labute approximate surface area is 240 Å². The van der Waals surface area contributed by atoms with Gasteiger partial charge in [0.2, 0.25) is 12.2 Å². The van der Waals surface area contributed by atoms with Crippen LogP contribution in [0.1, 0.15) is 23.6 Å². The Kier molecular flexibility index (Phi) is 8.88. The van der Waals surface area contributed by atoms with Crippen molar-refractivity contribution in [3.63, 3.8) is 0 Å². The molecule has 9 nitrogen and oxygen atoms in total. The number of anilines is 3. The quantitative estimate of drug-likeness (QED) is 0.129. The molecule has 0 aliphatic carbocycles. The highest BCUT2D eigenvalue weighted by atomic mass is 35.5. The van der Waals surface area contributed by atoms with Gasteiger partial charge in [0.1, 0.15) is 23.8 Å². The smallest absolute Gasteiger partial charge is 0.219 e. The van der Waals surface area contributed by atoms with Gasteiger partial charge in [0, 0.05) is 16.3 Å². The molecule has 1 unspecified atom stereocenters. The molecule has 4 rings (SSSR count). The summed E-state index contributed by atoms with van der Waals surface area (Å²) in [7, 11) is 1.21. The van der Waals surface area contributed by atoms with Crippen LogP contribution in [0.2, 0.25) is 5.02 Å². The highest BCUT2D eigenvalue weighted by Gasteiger charge is 2.26. The highest BCUT2D eigenvalue weighted by Crippen LogP contribution is 2.30. The first kappa shape index (κ1) is 29.1. The normalized spacial score (nSPS) is 12.0. The maximum atomic E-state index is 14.9. The van der Waals surface area contributed by atoms with Crippen molar-refractivity contribution >= 4 is 52.6 Å². The number of aliphatic imine (C=N–C) groups is 1.